The summed E-state index contributed by atoms with van der Waals surface area (Å²) >= 11 is 0. The first-order valence-electron chi connectivity index (χ1n) is 11.3. The Balaban J connectivity index is 1.87. The molecular formula is C27H32N2O2. The van der Waals surface area contributed by atoms with E-state index in [0.29, 0.717) is 12.5 Å². The Labute approximate surface area is 185 Å². The number of hydrogen-bond acceptors (Lipinski definition) is 3. The van der Waals surface area contributed by atoms with Crippen molar-refractivity contribution < 1.29 is 9.53 Å². The van der Waals surface area contributed by atoms with Crippen LogP contribution >= 0.6 is 0 Å². The van der Waals surface area contributed by atoms with E-state index in [0.717, 1.165) is 46.2 Å². The summed E-state index contributed by atoms with van der Waals surface area (Å²) < 4.78 is 6.32. The predicted molar refractivity (Wildman–Crippen MR) is 128 cm³/mol. The van der Waals surface area contributed by atoms with Gasteiger partial charge < -0.3 is 15.0 Å². The monoisotopic (exact) mass is 416 g/mol. The first kappa shape index (κ1) is 21.2. The molecule has 4 rings (SSSR count). The predicted octanol–water partition coefficient (Wildman–Crippen LogP) is 6.63. The number of rotatable bonds is 7. The maximum absolute atomic E-state index is 13.6. The van der Waals surface area contributed by atoms with Crippen LogP contribution in [0, 0.1) is 5.92 Å². The highest BCUT2D eigenvalue weighted by Crippen LogP contribution is 2.41. The first-order chi connectivity index (χ1) is 15.0. The molecule has 0 saturated heterocycles. The van der Waals surface area contributed by atoms with E-state index in [4.69, 9.17) is 4.74 Å². The lowest BCUT2D eigenvalue weighted by Crippen LogP contribution is -2.47. The largest absolute Gasteiger partial charge is 0.493 e. The topological polar surface area (TPSA) is 41.6 Å². The number of nitrogens with one attached hydrogen (secondary N) is 1. The maximum Gasteiger partial charge on any atom is 0.258 e. The quantitative estimate of drug-likeness (QED) is 0.470. The lowest BCUT2D eigenvalue weighted by molar-refractivity contribution is 0.0592. The number of ether oxygens (including phenoxy) is 1. The molecule has 0 spiro atoms. The highest BCUT2D eigenvalue weighted by Gasteiger charge is 2.37. The number of hydrogen-bond donors (Lipinski definition) is 1. The highest BCUT2D eigenvalue weighted by atomic mass is 16.5. The Morgan fingerprint density at radius 2 is 1.74 bits per heavy atom. The van der Waals surface area contributed by atoms with E-state index in [9.17, 15) is 4.79 Å². The number of carbonyl (C=O) groups is 1. The van der Waals surface area contributed by atoms with E-state index in [2.05, 4.69) is 63.3 Å². The van der Waals surface area contributed by atoms with Gasteiger partial charge in [0.1, 0.15) is 11.9 Å². The number of nitrogens with zero attached hydrogens (tertiary/aromatic N) is 1. The molecule has 0 radical (unpaired) electrons. The Hall–Kier alpha value is -3.01. The smallest absolute Gasteiger partial charge is 0.258 e. The zero-order valence-electron chi connectivity index (χ0n) is 18.9. The molecule has 31 heavy (non-hydrogen) atoms. The SMILES string of the molecule is CCC(C)N1C(=O)c2ccccc2NC1c1c(OCCC(C)C)ccc2ccccc12. The molecule has 4 heteroatoms. The Kier molecular flexibility index (Phi) is 6.17. The lowest BCUT2D eigenvalue weighted by Gasteiger charge is -2.42. The van der Waals surface area contributed by atoms with E-state index in [1.165, 1.54) is 0 Å². The summed E-state index contributed by atoms with van der Waals surface area (Å²) in [5, 5.41) is 5.92. The Morgan fingerprint density at radius 1 is 1.00 bits per heavy atom. The van der Waals surface area contributed by atoms with Crippen LogP contribution < -0.4 is 10.1 Å². The van der Waals surface area contributed by atoms with Gasteiger partial charge in [-0.25, -0.2) is 0 Å². The van der Waals surface area contributed by atoms with Crippen molar-refractivity contribution in [2.75, 3.05) is 11.9 Å². The van der Waals surface area contributed by atoms with Crippen molar-refractivity contribution in [1.82, 2.24) is 4.90 Å². The van der Waals surface area contributed by atoms with Gasteiger partial charge in [0.15, 0.2) is 0 Å². The highest BCUT2D eigenvalue weighted by molar-refractivity contribution is 6.02. The molecule has 0 bridgehead atoms. The maximum atomic E-state index is 13.6. The van der Waals surface area contributed by atoms with Crippen LogP contribution in [0.15, 0.2) is 60.7 Å². The molecule has 162 valence electrons. The second-order valence-corrected chi connectivity index (χ2v) is 8.79. The van der Waals surface area contributed by atoms with Crippen LogP contribution in [0.1, 0.15) is 62.6 Å². The third kappa shape index (κ3) is 4.12. The van der Waals surface area contributed by atoms with Crippen LogP contribution in [-0.2, 0) is 0 Å². The van der Waals surface area contributed by atoms with Crippen LogP contribution in [0.2, 0.25) is 0 Å². The zero-order chi connectivity index (χ0) is 22.0. The summed E-state index contributed by atoms with van der Waals surface area (Å²) in [6.45, 7) is 9.30. The lowest BCUT2D eigenvalue weighted by atomic mass is 9.96. The van der Waals surface area contributed by atoms with Crippen molar-refractivity contribution in [1.29, 1.82) is 0 Å². The molecule has 0 aliphatic carbocycles. The van der Waals surface area contributed by atoms with Crippen LogP contribution in [0.5, 0.6) is 5.75 Å². The molecule has 3 aromatic rings. The van der Waals surface area contributed by atoms with E-state index in [1.54, 1.807) is 0 Å². The van der Waals surface area contributed by atoms with Crippen molar-refractivity contribution >= 4 is 22.4 Å². The van der Waals surface area contributed by atoms with Crippen LogP contribution in [0.4, 0.5) is 5.69 Å². The van der Waals surface area contributed by atoms with Crippen molar-refractivity contribution in [3.8, 4) is 5.75 Å². The standard InChI is InChI=1S/C27H32N2O2/c1-5-19(4)29-26(28-23-13-9-8-12-22(23)27(29)30)25-21-11-7-6-10-20(21)14-15-24(25)31-17-16-18(2)3/h6-15,18-19,26,28H,5,16-17H2,1-4H3. The number of carbonyl (C=O) groups excluding carboxylic acids is 1. The van der Waals surface area contributed by atoms with E-state index >= 15 is 0 Å². The first-order valence-corrected chi connectivity index (χ1v) is 11.3. The Bertz CT molecular complexity index is 1080. The normalized spacial score (nSPS) is 16.9. The van der Waals surface area contributed by atoms with Gasteiger partial charge in [0.2, 0.25) is 0 Å². The molecule has 3 aromatic carbocycles. The van der Waals surface area contributed by atoms with Gasteiger partial charge in [-0.1, -0.05) is 63.2 Å². The summed E-state index contributed by atoms with van der Waals surface area (Å²) in [7, 11) is 0. The van der Waals surface area contributed by atoms with Gasteiger partial charge in [0.25, 0.3) is 5.91 Å². The molecule has 1 aliphatic rings. The zero-order valence-corrected chi connectivity index (χ0v) is 18.9. The van der Waals surface area contributed by atoms with Crippen molar-refractivity contribution in [2.45, 2.75) is 52.7 Å². The molecule has 1 amide bonds. The average molecular weight is 417 g/mol. The van der Waals surface area contributed by atoms with Crippen LogP contribution in [-0.4, -0.2) is 23.5 Å². The van der Waals surface area contributed by atoms with E-state index in [1.807, 2.05) is 35.2 Å². The van der Waals surface area contributed by atoms with Gasteiger partial charge in [0.05, 0.1) is 12.2 Å². The molecule has 1 aliphatic heterocycles. The van der Waals surface area contributed by atoms with Gasteiger partial charge in [-0.05, 0) is 54.7 Å². The Morgan fingerprint density at radius 3 is 2.52 bits per heavy atom. The molecule has 2 atom stereocenters. The number of anilines is 1. The van der Waals surface area contributed by atoms with Gasteiger partial charge in [-0.2, -0.15) is 0 Å². The number of para-hydroxylation sites is 1. The molecule has 4 nitrogen and oxygen atoms in total. The molecule has 2 unspecified atom stereocenters. The van der Waals surface area contributed by atoms with Gasteiger partial charge in [-0.3, -0.25) is 4.79 Å². The summed E-state index contributed by atoms with van der Waals surface area (Å²) in [6, 6.07) is 20.4. The molecule has 0 aromatic heterocycles. The average Bonchev–Trinajstić information content (AvgIpc) is 2.78. The fourth-order valence-electron chi connectivity index (χ4n) is 4.22. The summed E-state index contributed by atoms with van der Waals surface area (Å²) in [5.74, 6) is 1.48. The minimum absolute atomic E-state index is 0.0646. The molecule has 1 heterocycles. The third-order valence-corrected chi connectivity index (χ3v) is 6.18. The third-order valence-electron chi connectivity index (χ3n) is 6.18. The van der Waals surface area contributed by atoms with Gasteiger partial charge in [0, 0.05) is 17.3 Å². The molecule has 0 saturated carbocycles. The minimum Gasteiger partial charge on any atom is -0.493 e. The summed E-state index contributed by atoms with van der Waals surface area (Å²) in [6.07, 6.45) is 1.57. The second kappa shape index (κ2) is 9.01. The van der Waals surface area contributed by atoms with Crippen molar-refractivity contribution in [3.63, 3.8) is 0 Å². The second-order valence-electron chi connectivity index (χ2n) is 8.79. The number of amides is 1. The van der Waals surface area contributed by atoms with Crippen molar-refractivity contribution in [2.24, 2.45) is 5.92 Å². The van der Waals surface area contributed by atoms with Crippen LogP contribution in [0.3, 0.4) is 0 Å². The minimum atomic E-state index is -0.294. The number of benzene rings is 3. The molecule has 0 fully saturated rings. The number of fused-ring (bicyclic) bond motifs is 2. The fourth-order valence-corrected chi connectivity index (χ4v) is 4.22. The summed E-state index contributed by atoms with van der Waals surface area (Å²) in [4.78, 5) is 15.6. The fraction of sp³-hybridized carbons (Fsp3) is 0.370. The molecule has 1 N–H and O–H groups in total. The van der Waals surface area contributed by atoms with Gasteiger partial charge >= 0.3 is 0 Å². The summed E-state index contributed by atoms with van der Waals surface area (Å²) in [5.41, 5.74) is 2.63. The van der Waals surface area contributed by atoms with Crippen LogP contribution in [0.25, 0.3) is 10.8 Å². The van der Waals surface area contributed by atoms with E-state index < -0.39 is 0 Å². The van der Waals surface area contributed by atoms with Crippen molar-refractivity contribution in [3.05, 3.63) is 71.8 Å². The molecular weight excluding hydrogens is 384 g/mol. The van der Waals surface area contributed by atoms with Gasteiger partial charge in [-0.15, -0.1) is 0 Å². The van der Waals surface area contributed by atoms with E-state index in [-0.39, 0.29) is 18.1 Å².